The minimum Gasteiger partial charge on any atom is -0.0871 e. The Kier molecular flexibility index (Phi) is 10.3. The van der Waals surface area contributed by atoms with Crippen molar-refractivity contribution < 1.29 is 0 Å². The van der Waals surface area contributed by atoms with Gasteiger partial charge in [0, 0.05) is 0 Å². The first kappa shape index (κ1) is 34.5. The van der Waals surface area contributed by atoms with Gasteiger partial charge >= 0.3 is 0 Å². The molecule has 0 bridgehead atoms. The third kappa shape index (κ3) is 6.85. The molecule has 0 unspecified atom stereocenters. The van der Waals surface area contributed by atoms with Crippen LogP contribution in [-0.2, 0) is 0 Å². The van der Waals surface area contributed by atoms with E-state index in [2.05, 4.69) is 197 Å². The van der Waals surface area contributed by atoms with Crippen LogP contribution < -0.4 is 0 Å². The highest BCUT2D eigenvalue weighted by molar-refractivity contribution is 6.13. The molecule has 52 heavy (non-hydrogen) atoms. The number of hydrogen-bond acceptors (Lipinski definition) is 0. The summed E-state index contributed by atoms with van der Waals surface area (Å²) in [5.74, 6) is 0. The van der Waals surface area contributed by atoms with Gasteiger partial charge in [-0.05, 0) is 139 Å². The third-order valence-corrected chi connectivity index (χ3v) is 10.1. The molecule has 0 radical (unpaired) electrons. The Balaban J connectivity index is 0.00000207. The molecule has 0 N–H and O–H groups in total. The van der Waals surface area contributed by atoms with Crippen molar-refractivity contribution in [2.75, 3.05) is 0 Å². The first-order valence-corrected chi connectivity index (χ1v) is 18.6. The highest BCUT2D eigenvalue weighted by Crippen LogP contribution is 2.37. The number of allylic oxidation sites excluding steroid dienone is 10. The van der Waals surface area contributed by atoms with Crippen LogP contribution in [0, 0.1) is 0 Å². The normalized spacial score (nSPS) is 17.1. The monoisotopic (exact) mass is 670 g/mol. The zero-order valence-electron chi connectivity index (χ0n) is 31.0. The van der Waals surface area contributed by atoms with Crippen LogP contribution in [0.5, 0.6) is 0 Å². The lowest BCUT2D eigenvalue weighted by Gasteiger charge is -2.15. The maximum absolute atomic E-state index is 2.34. The van der Waals surface area contributed by atoms with Gasteiger partial charge in [0.1, 0.15) is 0 Å². The molecule has 0 saturated heterocycles. The van der Waals surface area contributed by atoms with E-state index >= 15 is 0 Å². The molecule has 1 aliphatic carbocycles. The molecule has 0 heterocycles. The van der Waals surface area contributed by atoms with Crippen LogP contribution in [-0.4, -0.2) is 0 Å². The molecular weight excluding hydrogens is 625 g/mol. The van der Waals surface area contributed by atoms with E-state index in [4.69, 9.17) is 0 Å². The van der Waals surface area contributed by atoms with Crippen molar-refractivity contribution in [1.29, 1.82) is 0 Å². The Labute approximate surface area is 309 Å². The third-order valence-electron chi connectivity index (χ3n) is 10.1. The van der Waals surface area contributed by atoms with Crippen molar-refractivity contribution in [1.82, 2.24) is 0 Å². The predicted octanol–water partition coefficient (Wildman–Crippen LogP) is 15.4. The maximum Gasteiger partial charge on any atom is -0.00990 e. The van der Waals surface area contributed by atoms with E-state index in [0.29, 0.717) is 0 Å². The Bertz CT molecular complexity index is 2550. The van der Waals surface area contributed by atoms with Crippen LogP contribution in [0.25, 0.3) is 71.3 Å². The van der Waals surface area contributed by atoms with E-state index in [1.54, 1.807) is 0 Å². The van der Waals surface area contributed by atoms with Gasteiger partial charge in [0.2, 0.25) is 0 Å². The van der Waals surface area contributed by atoms with Crippen molar-refractivity contribution in [3.63, 3.8) is 0 Å². The maximum atomic E-state index is 2.34. The zero-order valence-corrected chi connectivity index (χ0v) is 31.0. The van der Waals surface area contributed by atoms with Crippen LogP contribution >= 0.6 is 0 Å². The summed E-state index contributed by atoms with van der Waals surface area (Å²) in [7, 11) is 0. The number of rotatable bonds is 5. The van der Waals surface area contributed by atoms with E-state index in [1.165, 1.54) is 93.6 Å². The van der Waals surface area contributed by atoms with Crippen LogP contribution in [0.4, 0.5) is 0 Å². The van der Waals surface area contributed by atoms with Crippen molar-refractivity contribution in [2.45, 2.75) is 41.0 Å². The fourth-order valence-corrected chi connectivity index (χ4v) is 7.39. The van der Waals surface area contributed by atoms with E-state index in [0.717, 1.165) is 6.42 Å². The predicted molar refractivity (Wildman–Crippen MR) is 230 cm³/mol. The molecular formula is C52H46. The molecule has 0 spiro atoms. The molecule has 0 atom stereocenters. The van der Waals surface area contributed by atoms with Gasteiger partial charge in [-0.3, -0.25) is 0 Å². The smallest absolute Gasteiger partial charge is 0.00990 e. The van der Waals surface area contributed by atoms with Crippen LogP contribution in [0.2, 0.25) is 0 Å². The molecule has 0 fully saturated rings. The molecule has 254 valence electrons. The van der Waals surface area contributed by atoms with Gasteiger partial charge in [-0.2, -0.15) is 0 Å². The first-order chi connectivity index (χ1) is 25.6. The fraction of sp³-hybridized carbons (Fsp3) is 0.115. The fourth-order valence-electron chi connectivity index (χ4n) is 7.39. The second-order valence-corrected chi connectivity index (χ2v) is 13.3. The topological polar surface area (TPSA) is 0 Å². The summed E-state index contributed by atoms with van der Waals surface area (Å²) in [5, 5.41) is 7.65. The minimum absolute atomic E-state index is 0.970. The van der Waals surface area contributed by atoms with Crippen molar-refractivity contribution in [3.05, 3.63) is 198 Å². The molecule has 0 aromatic heterocycles. The largest absolute Gasteiger partial charge is 0.0871 e. The average molecular weight is 671 g/mol. The quantitative estimate of drug-likeness (QED) is 0.160. The summed E-state index contributed by atoms with van der Waals surface area (Å²) in [6.45, 7) is 10.4. The van der Waals surface area contributed by atoms with Crippen LogP contribution in [0.15, 0.2) is 193 Å². The van der Waals surface area contributed by atoms with Gasteiger partial charge in [-0.15, -0.1) is 0 Å². The SMILES string of the molecule is CC.C\C=C/C1=C(\C)C\C=C/C(=C\C)C(/c2ccc(-c3ccc4ccc(-c5ccc(-c6cc7ccccc7c7ccccc67)cc5)cc4c3)cc2)=C\1. The van der Waals surface area contributed by atoms with E-state index in [-0.39, 0.29) is 0 Å². The molecule has 0 nitrogen and oxygen atoms in total. The summed E-state index contributed by atoms with van der Waals surface area (Å²) in [6, 6.07) is 51.5. The Morgan fingerprint density at radius 3 is 1.69 bits per heavy atom. The number of fused-ring (bicyclic) bond motifs is 4. The van der Waals surface area contributed by atoms with Crippen molar-refractivity contribution >= 4 is 37.9 Å². The number of hydrogen-bond donors (Lipinski definition) is 0. The lowest BCUT2D eigenvalue weighted by atomic mass is 9.90. The standard InChI is InChI=1S/C50H40.C2H6/c1-4-11-41-32-49(35(5-2)14-10-12-34(41)3)39-24-18-36(19-25-39)42-28-22-38-23-29-43(31-45(38)30-42)37-20-26-40(27-21-37)50-33-44-13-6-7-15-46(44)47-16-8-9-17-48(47)50;1-2/h4-11,13-33H,12H2,1-3H3;1-2H3/b11-4-,14-10-,35-5+,41-34-,49-32+;. The molecule has 7 aromatic rings. The molecule has 0 amide bonds. The first-order valence-electron chi connectivity index (χ1n) is 18.6. The molecule has 7 aromatic carbocycles. The van der Waals surface area contributed by atoms with Gasteiger partial charge in [0.05, 0.1) is 0 Å². The summed E-state index contributed by atoms with van der Waals surface area (Å²) in [5.41, 5.74) is 13.8. The second-order valence-electron chi connectivity index (χ2n) is 13.3. The Morgan fingerprint density at radius 2 is 1.06 bits per heavy atom. The Morgan fingerprint density at radius 1 is 0.500 bits per heavy atom. The van der Waals surface area contributed by atoms with Crippen LogP contribution in [0.3, 0.4) is 0 Å². The second kappa shape index (κ2) is 15.5. The van der Waals surface area contributed by atoms with E-state index in [1.807, 2.05) is 13.8 Å². The number of benzene rings is 7. The molecule has 0 saturated carbocycles. The van der Waals surface area contributed by atoms with Gasteiger partial charge in [0.15, 0.2) is 0 Å². The summed E-state index contributed by atoms with van der Waals surface area (Å²) < 4.78 is 0. The lowest BCUT2D eigenvalue weighted by molar-refractivity contribution is 1.18. The lowest BCUT2D eigenvalue weighted by Crippen LogP contribution is -1.94. The van der Waals surface area contributed by atoms with Crippen molar-refractivity contribution in [3.8, 4) is 33.4 Å². The highest BCUT2D eigenvalue weighted by atomic mass is 14.2. The zero-order chi connectivity index (χ0) is 36.0. The summed E-state index contributed by atoms with van der Waals surface area (Å²) >= 11 is 0. The summed E-state index contributed by atoms with van der Waals surface area (Å²) in [4.78, 5) is 0. The molecule has 0 heteroatoms. The minimum atomic E-state index is 0.970. The molecule has 1 aliphatic rings. The van der Waals surface area contributed by atoms with Gasteiger partial charge in [-0.25, -0.2) is 0 Å². The summed E-state index contributed by atoms with van der Waals surface area (Å²) in [6.07, 6.45) is 14.4. The Hall–Kier alpha value is -5.98. The van der Waals surface area contributed by atoms with E-state index in [9.17, 15) is 0 Å². The van der Waals surface area contributed by atoms with Crippen LogP contribution in [0.1, 0.15) is 46.6 Å². The molecule has 8 rings (SSSR count). The van der Waals surface area contributed by atoms with Gasteiger partial charge in [-0.1, -0.05) is 171 Å². The average Bonchev–Trinajstić information content (AvgIpc) is 3.21. The van der Waals surface area contributed by atoms with Gasteiger partial charge in [0.25, 0.3) is 0 Å². The van der Waals surface area contributed by atoms with Gasteiger partial charge < -0.3 is 0 Å². The van der Waals surface area contributed by atoms with Crippen molar-refractivity contribution in [2.24, 2.45) is 0 Å². The highest BCUT2D eigenvalue weighted by Gasteiger charge is 2.12. The van der Waals surface area contributed by atoms with E-state index < -0.39 is 0 Å². The molecule has 0 aliphatic heterocycles.